The maximum atomic E-state index is 12.8. The van der Waals surface area contributed by atoms with Gasteiger partial charge in [-0.2, -0.15) is 0 Å². The minimum absolute atomic E-state index is 0.0432. The third-order valence-corrected chi connectivity index (χ3v) is 17.8. The van der Waals surface area contributed by atoms with E-state index in [1.165, 1.54) is 289 Å². The number of thioether (sulfide) groups is 1. The molecule has 396 valence electrons. The summed E-state index contributed by atoms with van der Waals surface area (Å²) in [6.45, 7) is 10.9. The quantitative estimate of drug-likeness (QED) is 0.0486. The largest absolute Gasteiger partial charge is 0.397 e. The van der Waals surface area contributed by atoms with Crippen LogP contribution in [-0.2, 0) is 13.6 Å². The third-order valence-electron chi connectivity index (χ3n) is 14.7. The van der Waals surface area contributed by atoms with Crippen LogP contribution in [0.15, 0.2) is 0 Å². The van der Waals surface area contributed by atoms with E-state index >= 15 is 0 Å². The van der Waals surface area contributed by atoms with Crippen LogP contribution >= 0.6 is 11.8 Å². The highest BCUT2D eigenvalue weighted by Gasteiger charge is 2.29. The van der Waals surface area contributed by atoms with Crippen LogP contribution < -0.4 is 5.32 Å². The average molecular weight is 967 g/mol. The SMILES string of the molecule is CCCCCCCCCCCCCCCCC(CCCCCCCCCCCCCCCC)(CO[SiH](CCCSC(=O)CCCCCCCCCCC)OCCCCCCCCCC)NC. The van der Waals surface area contributed by atoms with E-state index < -0.39 is 9.28 Å². The summed E-state index contributed by atoms with van der Waals surface area (Å²) >= 11 is 1.58. The van der Waals surface area contributed by atoms with Crippen molar-refractivity contribution in [1.29, 1.82) is 0 Å². The van der Waals surface area contributed by atoms with Crippen molar-refractivity contribution < 1.29 is 13.6 Å². The molecule has 1 atom stereocenters. The van der Waals surface area contributed by atoms with Crippen molar-refractivity contribution in [3.63, 3.8) is 0 Å². The monoisotopic (exact) mass is 966 g/mol. The number of unbranched alkanes of at least 4 members (excludes halogenated alkanes) is 41. The van der Waals surface area contributed by atoms with Crippen molar-refractivity contribution in [2.45, 2.75) is 354 Å². The number of nitrogens with one attached hydrogen (secondary N) is 1. The minimum Gasteiger partial charge on any atom is -0.397 e. The molecule has 66 heavy (non-hydrogen) atoms. The highest BCUT2D eigenvalue weighted by atomic mass is 32.2. The second-order valence-corrected chi connectivity index (χ2v) is 24.5. The van der Waals surface area contributed by atoms with Crippen molar-refractivity contribution in [2.75, 3.05) is 26.0 Å². The second-order valence-electron chi connectivity index (χ2n) is 21.3. The molecule has 0 aliphatic carbocycles. The molecule has 0 aliphatic heterocycles. The van der Waals surface area contributed by atoms with E-state index in [2.05, 4.69) is 40.1 Å². The number of likely N-dealkylation sites (N-methyl/N-ethyl adjacent to an activating group) is 1. The van der Waals surface area contributed by atoms with Gasteiger partial charge in [0, 0.05) is 24.3 Å². The molecule has 0 radical (unpaired) electrons. The average Bonchev–Trinajstić information content (AvgIpc) is 3.33. The van der Waals surface area contributed by atoms with E-state index in [0.29, 0.717) is 5.12 Å². The van der Waals surface area contributed by atoms with Crippen molar-refractivity contribution >= 4 is 26.2 Å². The first kappa shape index (κ1) is 66.1. The number of hydrogen-bond donors (Lipinski definition) is 1. The van der Waals surface area contributed by atoms with Gasteiger partial charge in [0.25, 0.3) is 0 Å². The molecule has 0 aromatic rings. The van der Waals surface area contributed by atoms with E-state index in [1.54, 1.807) is 11.8 Å². The fraction of sp³-hybridized carbons (Fsp3) is 0.983. The van der Waals surface area contributed by atoms with Crippen molar-refractivity contribution in [3.05, 3.63) is 0 Å². The van der Waals surface area contributed by atoms with Crippen LogP contribution in [-0.4, -0.2) is 46.0 Å². The summed E-state index contributed by atoms with van der Waals surface area (Å²) in [7, 11) is 0.363. The molecule has 6 heteroatoms. The molecule has 0 amide bonds. The molecule has 0 rings (SSSR count). The van der Waals surface area contributed by atoms with Gasteiger partial charge in [-0.1, -0.05) is 316 Å². The number of carbonyl (C=O) groups is 1. The minimum atomic E-state index is -1.85. The van der Waals surface area contributed by atoms with Gasteiger partial charge in [0.1, 0.15) is 0 Å². The lowest BCUT2D eigenvalue weighted by Crippen LogP contribution is -2.49. The molecule has 0 aliphatic rings. The van der Waals surface area contributed by atoms with Gasteiger partial charge in [0.15, 0.2) is 5.12 Å². The Kier molecular flexibility index (Phi) is 56.1. The maximum absolute atomic E-state index is 12.8. The summed E-state index contributed by atoms with van der Waals surface area (Å²) in [5.74, 6) is 0.916. The van der Waals surface area contributed by atoms with Crippen LogP contribution in [0.3, 0.4) is 0 Å². The van der Waals surface area contributed by atoms with E-state index in [9.17, 15) is 4.79 Å². The topological polar surface area (TPSA) is 47.6 Å². The Morgan fingerprint density at radius 2 is 0.697 bits per heavy atom. The number of carbonyl (C=O) groups excluding carboxylic acids is 1. The molecular weight excluding hydrogens is 843 g/mol. The van der Waals surface area contributed by atoms with Gasteiger partial charge < -0.3 is 14.2 Å². The molecule has 0 aromatic carbocycles. The van der Waals surface area contributed by atoms with Crippen LogP contribution in [0.5, 0.6) is 0 Å². The molecule has 0 fully saturated rings. The van der Waals surface area contributed by atoms with Crippen LogP contribution in [0.4, 0.5) is 0 Å². The summed E-state index contributed by atoms with van der Waals surface area (Å²) in [5, 5.41) is 4.28. The van der Waals surface area contributed by atoms with Gasteiger partial charge in [-0.05, 0) is 45.2 Å². The summed E-state index contributed by atoms with van der Waals surface area (Å²) in [4.78, 5) is 12.8. The van der Waals surface area contributed by atoms with Crippen LogP contribution in [0, 0.1) is 0 Å². The van der Waals surface area contributed by atoms with Crippen molar-refractivity contribution in [2.24, 2.45) is 0 Å². The van der Waals surface area contributed by atoms with Gasteiger partial charge in [0.2, 0.25) is 0 Å². The molecule has 0 bridgehead atoms. The predicted molar refractivity (Wildman–Crippen MR) is 302 cm³/mol. The molecule has 0 aromatic heterocycles. The fourth-order valence-corrected chi connectivity index (χ4v) is 12.9. The smallest absolute Gasteiger partial charge is 0.321 e. The second kappa shape index (κ2) is 56.0. The highest BCUT2D eigenvalue weighted by Crippen LogP contribution is 2.26. The lowest BCUT2D eigenvalue weighted by atomic mass is 9.87. The maximum Gasteiger partial charge on any atom is 0.321 e. The van der Waals surface area contributed by atoms with Crippen LogP contribution in [0.1, 0.15) is 342 Å². The zero-order valence-corrected chi connectivity index (χ0v) is 48.2. The summed E-state index contributed by atoms with van der Waals surface area (Å²) < 4.78 is 13.7. The summed E-state index contributed by atoms with van der Waals surface area (Å²) in [5.41, 5.74) is 0.0432. The molecule has 1 N–H and O–H groups in total. The Balaban J connectivity index is 5.07. The van der Waals surface area contributed by atoms with E-state index in [4.69, 9.17) is 8.85 Å². The molecule has 0 heterocycles. The van der Waals surface area contributed by atoms with E-state index in [1.807, 2.05) is 0 Å². The van der Waals surface area contributed by atoms with Gasteiger partial charge in [-0.15, -0.1) is 0 Å². The number of hydrogen-bond acceptors (Lipinski definition) is 5. The molecular formula is C60H123NO3SSi. The van der Waals surface area contributed by atoms with Crippen molar-refractivity contribution in [1.82, 2.24) is 5.32 Å². The Morgan fingerprint density at radius 3 is 1.03 bits per heavy atom. The predicted octanol–water partition coefficient (Wildman–Crippen LogP) is 20.7. The van der Waals surface area contributed by atoms with E-state index in [0.717, 1.165) is 50.7 Å². The number of rotatable bonds is 58. The Hall–Kier alpha value is 0.117. The molecule has 4 nitrogen and oxygen atoms in total. The van der Waals surface area contributed by atoms with E-state index in [-0.39, 0.29) is 5.54 Å². The summed E-state index contributed by atoms with van der Waals surface area (Å²) in [6, 6.07) is 1.02. The first-order valence-electron chi connectivity index (χ1n) is 30.6. The van der Waals surface area contributed by atoms with Gasteiger partial charge >= 0.3 is 9.28 Å². The normalized spacial score (nSPS) is 12.4. The van der Waals surface area contributed by atoms with Gasteiger partial charge in [0.05, 0.1) is 6.61 Å². The van der Waals surface area contributed by atoms with Crippen LogP contribution in [0.2, 0.25) is 6.04 Å². The Labute approximate surface area is 423 Å². The lowest BCUT2D eigenvalue weighted by molar-refractivity contribution is -0.111. The molecule has 0 spiro atoms. The molecule has 0 saturated carbocycles. The third kappa shape index (κ3) is 49.1. The van der Waals surface area contributed by atoms with Crippen LogP contribution in [0.25, 0.3) is 0 Å². The Bertz CT molecular complexity index is 890. The molecule has 0 saturated heterocycles. The zero-order valence-electron chi connectivity index (χ0n) is 46.2. The first-order valence-corrected chi connectivity index (χ1v) is 33.4. The van der Waals surface area contributed by atoms with Gasteiger partial charge in [-0.25, -0.2) is 0 Å². The Morgan fingerprint density at radius 1 is 0.394 bits per heavy atom. The first-order chi connectivity index (χ1) is 32.6. The van der Waals surface area contributed by atoms with Crippen molar-refractivity contribution in [3.8, 4) is 0 Å². The fourth-order valence-electron chi connectivity index (χ4n) is 9.91. The molecule has 1 unspecified atom stereocenters. The standard InChI is InChI=1S/C60H123NO3SSi/c1-6-10-14-18-22-26-28-30-32-34-37-40-44-48-53-60(61-5,54-49-45-41-38-35-33-31-29-27-23-19-15-11-7-2)58-64-66(63-55-50-46-42-25-21-17-13-9-4)57-51-56-65-59(62)52-47-43-39-36-24-20-16-12-8-3/h61,66H,6-58H2,1-5H3. The van der Waals surface area contributed by atoms with Gasteiger partial charge in [-0.3, -0.25) is 4.79 Å². The highest BCUT2D eigenvalue weighted by molar-refractivity contribution is 8.13. The zero-order chi connectivity index (χ0) is 48.0. The lowest BCUT2D eigenvalue weighted by Gasteiger charge is -2.35. The summed E-state index contributed by atoms with van der Waals surface area (Å²) in [6.07, 6.45) is 65.9.